The Bertz CT molecular complexity index is 1220. The van der Waals surface area contributed by atoms with Crippen LogP contribution in [0.15, 0.2) is 18.2 Å². The van der Waals surface area contributed by atoms with Crippen LogP contribution in [0.25, 0.3) is 0 Å². The van der Waals surface area contributed by atoms with Crippen molar-refractivity contribution in [3.8, 4) is 0 Å². The minimum Gasteiger partial charge on any atom is -0.370 e. The zero-order chi connectivity index (χ0) is 31.1. The summed E-state index contributed by atoms with van der Waals surface area (Å²) in [5, 5.41) is 14.2. The molecule has 3 heterocycles. The van der Waals surface area contributed by atoms with Crippen LogP contribution in [0.5, 0.6) is 0 Å². The number of hydrogen-bond donors (Lipinski definition) is 4. The molecule has 3 fully saturated rings. The van der Waals surface area contributed by atoms with Crippen molar-refractivity contribution in [2.45, 2.75) is 62.9 Å². The first-order valence-corrected chi connectivity index (χ1v) is 16.7. The molecular formula is C29H41Cl2N7O4S. The molecule has 3 aliphatic rings. The lowest BCUT2D eigenvalue weighted by atomic mass is 9.89. The Labute approximate surface area is 267 Å². The van der Waals surface area contributed by atoms with Gasteiger partial charge in [0, 0.05) is 38.4 Å². The summed E-state index contributed by atoms with van der Waals surface area (Å²) in [6.45, 7) is 3.96. The van der Waals surface area contributed by atoms with E-state index in [1.54, 1.807) is 28.0 Å². The molecule has 43 heavy (non-hydrogen) atoms. The van der Waals surface area contributed by atoms with Crippen molar-refractivity contribution in [1.82, 2.24) is 25.3 Å². The van der Waals surface area contributed by atoms with Crippen LogP contribution in [-0.2, 0) is 25.6 Å². The Morgan fingerprint density at radius 1 is 1.26 bits per heavy atom. The van der Waals surface area contributed by atoms with Crippen molar-refractivity contribution in [3.05, 3.63) is 33.8 Å². The number of guanidine groups is 1. The van der Waals surface area contributed by atoms with Gasteiger partial charge in [-0.05, 0) is 49.3 Å². The number of ketones is 1. The monoisotopic (exact) mass is 653 g/mol. The van der Waals surface area contributed by atoms with Gasteiger partial charge in [0.2, 0.25) is 17.7 Å². The molecule has 0 aromatic heterocycles. The smallest absolute Gasteiger partial charge is 0.246 e. The van der Waals surface area contributed by atoms with Crippen LogP contribution in [0.2, 0.25) is 10.0 Å². The van der Waals surface area contributed by atoms with Gasteiger partial charge in [-0.3, -0.25) is 29.9 Å². The molecule has 0 spiro atoms. The van der Waals surface area contributed by atoms with Crippen molar-refractivity contribution in [2.75, 3.05) is 45.0 Å². The molecule has 1 aromatic carbocycles. The molecule has 1 aromatic rings. The number of halogens is 2. The van der Waals surface area contributed by atoms with E-state index in [1.807, 2.05) is 6.92 Å². The molecule has 0 saturated carbocycles. The SMILES string of the molecule is CCCCN1CC(=O)N(CC(=O)N[C@@H](CC2CCCN(C(=N)N)C2)C(=O)C2NCCS2)[C@H](Cc2ccc(Cl)c(Cl)c2)C1=O. The summed E-state index contributed by atoms with van der Waals surface area (Å²) in [7, 11) is 0. The molecule has 11 nitrogen and oxygen atoms in total. The van der Waals surface area contributed by atoms with Gasteiger partial charge in [0.1, 0.15) is 18.0 Å². The topological polar surface area (TPSA) is 152 Å². The molecule has 14 heteroatoms. The highest BCUT2D eigenvalue weighted by molar-refractivity contribution is 8.00. The van der Waals surface area contributed by atoms with Gasteiger partial charge in [-0.25, -0.2) is 0 Å². The minimum absolute atomic E-state index is 0.00102. The van der Waals surface area contributed by atoms with Crippen LogP contribution >= 0.6 is 35.0 Å². The normalized spacial score (nSPS) is 23.4. The number of nitrogens with zero attached hydrogens (tertiary/aromatic N) is 3. The second-order valence-electron chi connectivity index (χ2n) is 11.4. The van der Waals surface area contributed by atoms with Gasteiger partial charge < -0.3 is 25.8 Å². The second kappa shape index (κ2) is 15.5. The standard InChI is InChI=1S/C29H41Cl2N7O4S/c1-2-3-9-36-17-25(40)38(23(28(36)42)14-18-6-7-20(30)21(31)12-18)16-24(39)35-22(26(41)27-34-8-11-43-27)13-19-5-4-10-37(15-19)29(32)33/h6-7,12,19,22-23,27,34H,2-5,8-11,13-17H2,1H3,(H3,32,33)(H,35,39)/t19?,22-,23+,27?/m0/s1. The van der Waals surface area contributed by atoms with Crippen LogP contribution in [0.3, 0.4) is 0 Å². The van der Waals surface area contributed by atoms with Gasteiger partial charge >= 0.3 is 0 Å². The summed E-state index contributed by atoms with van der Waals surface area (Å²) >= 11 is 13.8. The van der Waals surface area contributed by atoms with Crippen molar-refractivity contribution in [1.29, 1.82) is 5.41 Å². The quantitative estimate of drug-likeness (QED) is 0.198. The molecule has 0 aliphatic carbocycles. The van der Waals surface area contributed by atoms with Crippen molar-refractivity contribution < 1.29 is 19.2 Å². The molecule has 4 atom stereocenters. The average Bonchev–Trinajstić information content (AvgIpc) is 3.52. The van der Waals surface area contributed by atoms with Crippen molar-refractivity contribution in [2.24, 2.45) is 11.7 Å². The highest BCUT2D eigenvalue weighted by atomic mass is 35.5. The van der Waals surface area contributed by atoms with E-state index in [1.165, 1.54) is 16.7 Å². The molecule has 0 radical (unpaired) electrons. The highest BCUT2D eigenvalue weighted by Crippen LogP contribution is 2.26. The van der Waals surface area contributed by atoms with E-state index in [0.29, 0.717) is 48.2 Å². The summed E-state index contributed by atoms with van der Waals surface area (Å²) in [4.78, 5) is 58.8. The maximum Gasteiger partial charge on any atom is 0.246 e. The lowest BCUT2D eigenvalue weighted by Crippen LogP contribution is -2.63. The van der Waals surface area contributed by atoms with Crippen LogP contribution in [0.1, 0.15) is 44.6 Å². The molecule has 4 rings (SSSR count). The van der Waals surface area contributed by atoms with Crippen LogP contribution in [0, 0.1) is 11.3 Å². The fourth-order valence-electron chi connectivity index (χ4n) is 5.92. The summed E-state index contributed by atoms with van der Waals surface area (Å²) in [6.07, 6.45) is 3.90. The zero-order valence-corrected chi connectivity index (χ0v) is 26.8. The minimum atomic E-state index is -0.898. The second-order valence-corrected chi connectivity index (χ2v) is 13.4. The molecule has 3 amide bonds. The van der Waals surface area contributed by atoms with Crippen molar-refractivity contribution in [3.63, 3.8) is 0 Å². The predicted molar refractivity (Wildman–Crippen MR) is 169 cm³/mol. The number of benzene rings is 1. The van der Waals surface area contributed by atoms with E-state index >= 15 is 0 Å². The summed E-state index contributed by atoms with van der Waals surface area (Å²) in [5.74, 6) is -0.301. The predicted octanol–water partition coefficient (Wildman–Crippen LogP) is 2.09. The number of hydrogen-bond acceptors (Lipinski definition) is 7. The number of carbonyl (C=O) groups excluding carboxylic acids is 4. The van der Waals surface area contributed by atoms with E-state index in [9.17, 15) is 19.2 Å². The third kappa shape index (κ3) is 8.77. The molecule has 5 N–H and O–H groups in total. The first kappa shape index (κ1) is 33.4. The molecule has 3 saturated heterocycles. The Balaban J connectivity index is 1.51. The van der Waals surface area contributed by atoms with Gasteiger partial charge in [0.15, 0.2) is 11.7 Å². The Kier molecular flexibility index (Phi) is 12.0. The summed E-state index contributed by atoms with van der Waals surface area (Å²) in [6, 6.07) is 3.39. The maximum atomic E-state index is 13.6. The number of Topliss-reactive ketones (excluding diaryl/α,β-unsaturated/α-hetero) is 1. The van der Waals surface area contributed by atoms with Crippen LogP contribution in [0.4, 0.5) is 0 Å². The number of amides is 3. The average molecular weight is 655 g/mol. The first-order chi connectivity index (χ1) is 20.6. The van der Waals surface area contributed by atoms with Gasteiger partial charge in [-0.2, -0.15) is 0 Å². The Morgan fingerprint density at radius 2 is 2.05 bits per heavy atom. The Hall–Kier alpha value is -2.54. The molecular weight excluding hydrogens is 613 g/mol. The number of nitrogens with one attached hydrogen (secondary N) is 3. The Morgan fingerprint density at radius 3 is 2.72 bits per heavy atom. The summed E-state index contributed by atoms with van der Waals surface area (Å²) in [5.41, 5.74) is 6.44. The summed E-state index contributed by atoms with van der Waals surface area (Å²) < 4.78 is 0. The van der Waals surface area contributed by atoms with E-state index in [4.69, 9.17) is 34.3 Å². The van der Waals surface area contributed by atoms with E-state index in [-0.39, 0.29) is 49.0 Å². The number of piperidine rings is 1. The lowest BCUT2D eigenvalue weighted by Gasteiger charge is -2.40. The van der Waals surface area contributed by atoms with Crippen LogP contribution in [-0.4, -0.2) is 107 Å². The molecule has 3 aliphatic heterocycles. The lowest BCUT2D eigenvalue weighted by molar-refractivity contribution is -0.157. The number of thioether (sulfide) groups is 1. The fourth-order valence-corrected chi connectivity index (χ4v) is 7.27. The molecule has 2 unspecified atom stereocenters. The number of unbranched alkanes of at least 4 members (excludes halogenated alkanes) is 1. The number of carbonyl (C=O) groups is 4. The van der Waals surface area contributed by atoms with E-state index < -0.39 is 23.4 Å². The highest BCUT2D eigenvalue weighted by Gasteiger charge is 2.41. The fraction of sp³-hybridized carbons (Fsp3) is 0.621. The van der Waals surface area contributed by atoms with E-state index in [2.05, 4.69) is 10.6 Å². The van der Waals surface area contributed by atoms with Crippen molar-refractivity contribution >= 4 is 64.4 Å². The largest absolute Gasteiger partial charge is 0.370 e. The number of nitrogens with two attached hydrogens (primary N) is 1. The number of likely N-dealkylation sites (tertiary alicyclic amines) is 1. The zero-order valence-electron chi connectivity index (χ0n) is 24.5. The van der Waals surface area contributed by atoms with E-state index in [0.717, 1.165) is 31.4 Å². The molecule has 236 valence electrons. The first-order valence-electron chi connectivity index (χ1n) is 14.9. The van der Waals surface area contributed by atoms with Gasteiger partial charge in [-0.1, -0.05) is 42.6 Å². The van der Waals surface area contributed by atoms with Gasteiger partial charge in [0.25, 0.3) is 0 Å². The third-order valence-electron chi connectivity index (χ3n) is 8.21. The number of piperazine rings is 1. The third-order valence-corrected chi connectivity index (χ3v) is 10.1. The molecule has 0 bridgehead atoms. The number of rotatable bonds is 12. The van der Waals surface area contributed by atoms with Gasteiger partial charge in [-0.15, -0.1) is 11.8 Å². The maximum absolute atomic E-state index is 13.6. The van der Waals surface area contributed by atoms with Gasteiger partial charge in [0.05, 0.1) is 22.6 Å². The van der Waals surface area contributed by atoms with Crippen LogP contribution < -0.4 is 16.4 Å².